The Morgan fingerprint density at radius 2 is 2.06 bits per heavy atom. The number of halogens is 1. The van der Waals surface area contributed by atoms with Crippen LogP contribution in [0, 0.1) is 24.2 Å². The Balaban J connectivity index is 1.47. The second kappa shape index (κ2) is 8.44. The van der Waals surface area contributed by atoms with Crippen LogP contribution in [0.4, 0.5) is 5.82 Å². The fraction of sp³-hybridized carbons (Fsp3) is 0.417. The predicted molar refractivity (Wildman–Crippen MR) is 123 cm³/mol. The first kappa shape index (κ1) is 20.8. The second-order valence-corrected chi connectivity index (χ2v) is 9.08. The maximum absolute atomic E-state index is 13.3. The highest BCUT2D eigenvalue weighted by Crippen LogP contribution is 2.33. The quantitative estimate of drug-likeness (QED) is 0.593. The Hall–Kier alpha value is -3.11. The number of hydrogen-bond donors (Lipinski definition) is 0. The number of anilines is 1. The normalized spacial score (nSPS) is 21.2. The van der Waals surface area contributed by atoms with Crippen LogP contribution in [-0.2, 0) is 0 Å². The second-order valence-electron chi connectivity index (χ2n) is 8.67. The number of amides is 1. The predicted octanol–water partition coefficient (Wildman–Crippen LogP) is 4.41. The number of carbonyl (C=O) groups is 1. The van der Waals surface area contributed by atoms with Crippen molar-refractivity contribution in [1.29, 1.82) is 5.26 Å². The molecule has 1 aromatic carbocycles. The van der Waals surface area contributed by atoms with Crippen molar-refractivity contribution >= 4 is 29.0 Å². The summed E-state index contributed by atoms with van der Waals surface area (Å²) in [7, 11) is 0. The number of rotatable bonds is 3. The Kier molecular flexibility index (Phi) is 5.48. The Bertz CT molecular complexity index is 1210. The van der Waals surface area contributed by atoms with Crippen molar-refractivity contribution in [1.82, 2.24) is 19.5 Å². The smallest absolute Gasteiger partial charge is 0.255 e. The van der Waals surface area contributed by atoms with E-state index in [9.17, 15) is 10.1 Å². The van der Waals surface area contributed by atoms with Gasteiger partial charge in [-0.2, -0.15) is 10.4 Å². The van der Waals surface area contributed by atoms with Crippen molar-refractivity contribution in [2.45, 2.75) is 38.6 Å². The highest BCUT2D eigenvalue weighted by molar-refractivity contribution is 6.33. The summed E-state index contributed by atoms with van der Waals surface area (Å²) >= 11 is 6.31. The first-order valence-electron chi connectivity index (χ1n) is 11.1. The number of hydrogen-bond acceptors (Lipinski definition) is 5. The number of benzene rings is 1. The monoisotopic (exact) mass is 448 g/mol. The molecule has 2 saturated heterocycles. The lowest BCUT2D eigenvalue weighted by molar-refractivity contribution is 0.0606. The fourth-order valence-corrected chi connectivity index (χ4v) is 5.05. The molecule has 164 valence electrons. The molecule has 7 nitrogen and oxygen atoms in total. The lowest BCUT2D eigenvalue weighted by atomic mass is 9.98. The summed E-state index contributed by atoms with van der Waals surface area (Å²) in [5.41, 5.74) is 3.17. The number of aromatic nitrogens is 3. The van der Waals surface area contributed by atoms with E-state index in [0.717, 1.165) is 55.0 Å². The molecule has 0 N–H and O–H groups in total. The number of fused-ring (bicyclic) bond motifs is 1. The summed E-state index contributed by atoms with van der Waals surface area (Å²) in [6.07, 6.45) is 5.74. The van der Waals surface area contributed by atoms with Gasteiger partial charge in [0.25, 0.3) is 5.91 Å². The van der Waals surface area contributed by atoms with E-state index in [1.165, 1.54) is 0 Å². The zero-order valence-corrected chi connectivity index (χ0v) is 18.8. The van der Waals surface area contributed by atoms with Crippen LogP contribution in [0.25, 0.3) is 5.65 Å². The molecule has 2 aliphatic rings. The summed E-state index contributed by atoms with van der Waals surface area (Å²) in [5.74, 6) is 0.913. The summed E-state index contributed by atoms with van der Waals surface area (Å²) in [5, 5.41) is 14.5. The van der Waals surface area contributed by atoms with Crippen molar-refractivity contribution in [2.75, 3.05) is 24.5 Å². The topological polar surface area (TPSA) is 77.5 Å². The number of piperidine rings is 1. The maximum Gasteiger partial charge on any atom is 0.255 e. The number of aryl methyl sites for hydroxylation is 1. The summed E-state index contributed by atoms with van der Waals surface area (Å²) < 4.78 is 1.80. The molecule has 0 radical (unpaired) electrons. The molecule has 8 heteroatoms. The molecule has 2 atom stereocenters. The van der Waals surface area contributed by atoms with Gasteiger partial charge in [-0.05, 0) is 44.7 Å². The molecule has 4 heterocycles. The Morgan fingerprint density at radius 3 is 2.84 bits per heavy atom. The minimum Gasteiger partial charge on any atom is -0.355 e. The van der Waals surface area contributed by atoms with E-state index in [-0.39, 0.29) is 17.9 Å². The van der Waals surface area contributed by atoms with Gasteiger partial charge in [-0.3, -0.25) is 4.79 Å². The molecule has 0 spiro atoms. The zero-order chi connectivity index (χ0) is 22.2. The molecule has 2 fully saturated rings. The molecule has 5 rings (SSSR count). The zero-order valence-electron chi connectivity index (χ0n) is 18.0. The third-order valence-corrected chi connectivity index (χ3v) is 6.83. The van der Waals surface area contributed by atoms with Gasteiger partial charge in [-0.25, -0.2) is 9.50 Å². The van der Waals surface area contributed by atoms with Gasteiger partial charge in [0.1, 0.15) is 5.82 Å². The highest BCUT2D eigenvalue weighted by Gasteiger charge is 2.32. The van der Waals surface area contributed by atoms with E-state index in [4.69, 9.17) is 21.7 Å². The van der Waals surface area contributed by atoms with E-state index < -0.39 is 0 Å². The van der Waals surface area contributed by atoms with Crippen LogP contribution in [0.1, 0.15) is 53.3 Å². The van der Waals surface area contributed by atoms with Gasteiger partial charge in [0.15, 0.2) is 5.65 Å². The van der Waals surface area contributed by atoms with Crippen LogP contribution in [0.2, 0.25) is 5.02 Å². The van der Waals surface area contributed by atoms with Gasteiger partial charge in [-0.15, -0.1) is 0 Å². The lowest BCUT2D eigenvalue weighted by Gasteiger charge is -2.35. The standard InChI is InChI=1S/C24H25ClN6O/c1-16-14-31-22(27-23(16)29-11-9-17(13-26)15-29)12-20(28-31)21-8-4-5-10-30(21)24(32)18-6-2-3-7-19(18)25/h2-3,6-7,12,14,17,21H,4-5,8-11,15H2,1H3. The first-order chi connectivity index (χ1) is 15.5. The minimum absolute atomic E-state index is 0.0539. The summed E-state index contributed by atoms with van der Waals surface area (Å²) in [6.45, 7) is 4.26. The van der Waals surface area contributed by atoms with Crippen LogP contribution in [0.5, 0.6) is 0 Å². The SMILES string of the molecule is Cc1cn2nc(C3CCCCN3C(=O)c3ccccc3Cl)cc2nc1N1CCC(C#N)C1. The molecule has 2 aliphatic heterocycles. The van der Waals surface area contributed by atoms with Crippen LogP contribution < -0.4 is 4.90 Å². The van der Waals surface area contributed by atoms with Crippen molar-refractivity contribution < 1.29 is 4.79 Å². The summed E-state index contributed by atoms with van der Waals surface area (Å²) in [4.78, 5) is 22.3. The largest absolute Gasteiger partial charge is 0.355 e. The van der Waals surface area contributed by atoms with Gasteiger partial charge < -0.3 is 9.80 Å². The van der Waals surface area contributed by atoms with Crippen LogP contribution in [0.15, 0.2) is 36.5 Å². The maximum atomic E-state index is 13.3. The molecule has 2 aromatic heterocycles. The van der Waals surface area contributed by atoms with Gasteiger partial charge in [0, 0.05) is 37.5 Å². The molecule has 1 amide bonds. The molecule has 2 unspecified atom stereocenters. The number of likely N-dealkylation sites (tertiary alicyclic amines) is 1. The van der Waals surface area contributed by atoms with Crippen molar-refractivity contribution in [3.63, 3.8) is 0 Å². The number of nitrogens with zero attached hydrogens (tertiary/aromatic N) is 6. The highest BCUT2D eigenvalue weighted by atomic mass is 35.5. The fourth-order valence-electron chi connectivity index (χ4n) is 4.83. The Labute approximate surface area is 192 Å². The minimum atomic E-state index is -0.104. The molecular weight excluding hydrogens is 424 g/mol. The lowest BCUT2D eigenvalue weighted by Crippen LogP contribution is -2.38. The molecule has 0 saturated carbocycles. The Morgan fingerprint density at radius 1 is 1.22 bits per heavy atom. The molecule has 32 heavy (non-hydrogen) atoms. The molecule has 0 aliphatic carbocycles. The van der Waals surface area contributed by atoms with Gasteiger partial charge in [-0.1, -0.05) is 23.7 Å². The van der Waals surface area contributed by atoms with E-state index in [2.05, 4.69) is 11.0 Å². The van der Waals surface area contributed by atoms with Crippen molar-refractivity contribution in [2.24, 2.45) is 5.92 Å². The molecule has 3 aromatic rings. The van der Waals surface area contributed by atoms with E-state index in [1.807, 2.05) is 36.2 Å². The summed E-state index contributed by atoms with van der Waals surface area (Å²) in [6, 6.07) is 11.5. The third kappa shape index (κ3) is 3.69. The van der Waals surface area contributed by atoms with Gasteiger partial charge in [0.2, 0.25) is 0 Å². The number of carbonyl (C=O) groups excluding carboxylic acids is 1. The van der Waals surface area contributed by atoms with Gasteiger partial charge in [0.05, 0.1) is 34.3 Å². The van der Waals surface area contributed by atoms with E-state index >= 15 is 0 Å². The number of nitriles is 1. The first-order valence-corrected chi connectivity index (χ1v) is 11.5. The average molecular weight is 449 g/mol. The average Bonchev–Trinajstić information content (AvgIpc) is 3.45. The van der Waals surface area contributed by atoms with E-state index in [0.29, 0.717) is 23.7 Å². The third-order valence-electron chi connectivity index (χ3n) is 6.50. The van der Waals surface area contributed by atoms with Crippen LogP contribution in [-0.4, -0.2) is 45.0 Å². The van der Waals surface area contributed by atoms with Crippen molar-refractivity contribution in [3.05, 3.63) is 58.4 Å². The van der Waals surface area contributed by atoms with Gasteiger partial charge >= 0.3 is 0 Å². The molecule has 0 bridgehead atoms. The van der Waals surface area contributed by atoms with Crippen LogP contribution in [0.3, 0.4) is 0 Å². The van der Waals surface area contributed by atoms with Crippen LogP contribution >= 0.6 is 11.6 Å². The van der Waals surface area contributed by atoms with Crippen molar-refractivity contribution in [3.8, 4) is 6.07 Å². The van der Waals surface area contributed by atoms with E-state index in [1.54, 1.807) is 16.6 Å². The molecular formula is C24H25ClN6O.